The molecule has 0 bridgehead atoms. The lowest BCUT2D eigenvalue weighted by atomic mass is 10.3. The Morgan fingerprint density at radius 2 is 1.80 bits per heavy atom. The molecule has 0 saturated carbocycles. The number of nitrogens with one attached hydrogen (secondary N) is 1. The van der Waals surface area contributed by atoms with Gasteiger partial charge in [-0.15, -0.1) is 0 Å². The number of hydrogen-bond acceptors (Lipinski definition) is 3. The molecule has 0 aliphatic heterocycles. The van der Waals surface area contributed by atoms with Crippen LogP contribution in [0, 0.1) is 0 Å². The molecule has 0 aliphatic carbocycles. The van der Waals surface area contributed by atoms with Gasteiger partial charge < -0.3 is 10.1 Å². The Hall–Kier alpha value is -1.81. The highest BCUT2D eigenvalue weighted by Crippen LogP contribution is 2.16. The minimum Gasteiger partial charge on any atom is -0.491 e. The van der Waals surface area contributed by atoms with Crippen LogP contribution in [0.5, 0.6) is 5.75 Å². The molecule has 1 aromatic heterocycles. The third kappa shape index (κ3) is 4.10. The molecule has 108 valence electrons. The Morgan fingerprint density at radius 3 is 2.40 bits per heavy atom. The standard InChI is InChI=1S/C16H23N3O/c1-12(2)17-11-14-9-10-19(18-14)15-5-7-16(8-6-15)20-13(3)4/h5-10,12-13,17H,11H2,1-4H3. The van der Waals surface area contributed by atoms with Crippen LogP contribution in [0.3, 0.4) is 0 Å². The first-order valence-corrected chi connectivity index (χ1v) is 7.09. The average molecular weight is 273 g/mol. The van der Waals surface area contributed by atoms with Crippen LogP contribution in [0.1, 0.15) is 33.4 Å². The van der Waals surface area contributed by atoms with Crippen LogP contribution in [0.4, 0.5) is 0 Å². The number of ether oxygens (including phenoxy) is 1. The molecule has 0 unspecified atom stereocenters. The zero-order chi connectivity index (χ0) is 14.5. The highest BCUT2D eigenvalue weighted by Gasteiger charge is 2.03. The summed E-state index contributed by atoms with van der Waals surface area (Å²) in [6, 6.07) is 10.5. The summed E-state index contributed by atoms with van der Waals surface area (Å²) in [6.07, 6.45) is 2.18. The van der Waals surface area contributed by atoms with E-state index >= 15 is 0 Å². The number of benzene rings is 1. The van der Waals surface area contributed by atoms with Gasteiger partial charge in [-0.05, 0) is 44.2 Å². The van der Waals surface area contributed by atoms with Gasteiger partial charge in [-0.3, -0.25) is 0 Å². The molecule has 0 amide bonds. The highest BCUT2D eigenvalue weighted by molar-refractivity contribution is 5.37. The van der Waals surface area contributed by atoms with Crippen molar-refractivity contribution in [3.63, 3.8) is 0 Å². The van der Waals surface area contributed by atoms with Crippen molar-refractivity contribution in [3.05, 3.63) is 42.2 Å². The molecule has 0 spiro atoms. The van der Waals surface area contributed by atoms with Crippen LogP contribution in [-0.2, 0) is 6.54 Å². The zero-order valence-corrected chi connectivity index (χ0v) is 12.6. The summed E-state index contributed by atoms with van der Waals surface area (Å²) in [5.74, 6) is 0.887. The third-order valence-electron chi connectivity index (χ3n) is 2.81. The second kappa shape index (κ2) is 6.57. The molecule has 1 heterocycles. The average Bonchev–Trinajstić information content (AvgIpc) is 2.85. The van der Waals surface area contributed by atoms with Crippen molar-refractivity contribution in [1.82, 2.24) is 15.1 Å². The summed E-state index contributed by atoms with van der Waals surface area (Å²) < 4.78 is 7.52. The maximum Gasteiger partial charge on any atom is 0.119 e. The van der Waals surface area contributed by atoms with Gasteiger partial charge in [-0.2, -0.15) is 5.10 Å². The number of nitrogens with zero attached hydrogens (tertiary/aromatic N) is 2. The lowest BCUT2D eigenvalue weighted by Crippen LogP contribution is -2.22. The maximum absolute atomic E-state index is 5.64. The quantitative estimate of drug-likeness (QED) is 0.878. The predicted octanol–water partition coefficient (Wildman–Crippen LogP) is 3.16. The number of hydrogen-bond donors (Lipinski definition) is 1. The Morgan fingerprint density at radius 1 is 1.10 bits per heavy atom. The molecule has 4 nitrogen and oxygen atoms in total. The Balaban J connectivity index is 2.04. The highest BCUT2D eigenvalue weighted by atomic mass is 16.5. The topological polar surface area (TPSA) is 39.1 Å². The van der Waals surface area contributed by atoms with E-state index in [9.17, 15) is 0 Å². The molecule has 4 heteroatoms. The fraction of sp³-hybridized carbons (Fsp3) is 0.438. The van der Waals surface area contributed by atoms with Crippen LogP contribution in [0.2, 0.25) is 0 Å². The van der Waals surface area contributed by atoms with Gasteiger partial charge >= 0.3 is 0 Å². The van der Waals surface area contributed by atoms with Crippen LogP contribution in [0.25, 0.3) is 5.69 Å². The van der Waals surface area contributed by atoms with E-state index in [0.29, 0.717) is 6.04 Å². The van der Waals surface area contributed by atoms with Crippen molar-refractivity contribution >= 4 is 0 Å². The van der Waals surface area contributed by atoms with Crippen LogP contribution in [0.15, 0.2) is 36.5 Å². The van der Waals surface area contributed by atoms with Gasteiger partial charge in [0.25, 0.3) is 0 Å². The molecular formula is C16H23N3O. The maximum atomic E-state index is 5.64. The van der Waals surface area contributed by atoms with Gasteiger partial charge in [-0.1, -0.05) is 13.8 Å². The largest absolute Gasteiger partial charge is 0.491 e. The third-order valence-corrected chi connectivity index (χ3v) is 2.81. The second-order valence-electron chi connectivity index (χ2n) is 5.45. The molecule has 0 aliphatic rings. The summed E-state index contributed by atoms with van der Waals surface area (Å²) >= 11 is 0. The van der Waals surface area contributed by atoms with Crippen molar-refractivity contribution in [2.45, 2.75) is 46.4 Å². The van der Waals surface area contributed by atoms with E-state index in [1.807, 2.05) is 55.1 Å². The predicted molar refractivity (Wildman–Crippen MR) is 81.3 cm³/mol. The number of rotatable bonds is 6. The molecule has 0 atom stereocenters. The lowest BCUT2D eigenvalue weighted by molar-refractivity contribution is 0.242. The van der Waals surface area contributed by atoms with Gasteiger partial charge in [0, 0.05) is 18.8 Å². The minimum absolute atomic E-state index is 0.194. The monoisotopic (exact) mass is 273 g/mol. The van der Waals surface area contributed by atoms with Crippen molar-refractivity contribution in [2.75, 3.05) is 0 Å². The summed E-state index contributed by atoms with van der Waals surface area (Å²) in [4.78, 5) is 0. The van der Waals surface area contributed by atoms with Crippen LogP contribution >= 0.6 is 0 Å². The van der Waals surface area contributed by atoms with Crippen molar-refractivity contribution < 1.29 is 4.74 Å². The fourth-order valence-electron chi connectivity index (χ4n) is 1.86. The van der Waals surface area contributed by atoms with E-state index < -0.39 is 0 Å². The Kier molecular flexibility index (Phi) is 4.79. The van der Waals surface area contributed by atoms with Gasteiger partial charge in [0.05, 0.1) is 17.5 Å². The zero-order valence-electron chi connectivity index (χ0n) is 12.6. The van der Waals surface area contributed by atoms with Gasteiger partial charge in [-0.25, -0.2) is 4.68 Å². The molecule has 0 fully saturated rings. The fourth-order valence-corrected chi connectivity index (χ4v) is 1.86. The molecule has 1 aromatic carbocycles. The summed E-state index contributed by atoms with van der Waals surface area (Å²) in [6.45, 7) is 9.10. The Bertz CT molecular complexity index is 529. The van der Waals surface area contributed by atoms with E-state index in [1.54, 1.807) is 0 Å². The molecule has 2 rings (SSSR count). The van der Waals surface area contributed by atoms with Gasteiger partial charge in [0.1, 0.15) is 5.75 Å². The molecule has 0 radical (unpaired) electrons. The van der Waals surface area contributed by atoms with Crippen molar-refractivity contribution in [2.24, 2.45) is 0 Å². The first kappa shape index (κ1) is 14.6. The Labute approximate surface area is 120 Å². The molecule has 0 saturated heterocycles. The normalized spacial score (nSPS) is 11.3. The van der Waals surface area contributed by atoms with Crippen LogP contribution in [-0.4, -0.2) is 21.9 Å². The smallest absolute Gasteiger partial charge is 0.119 e. The summed E-state index contributed by atoms with van der Waals surface area (Å²) in [5.41, 5.74) is 2.08. The van der Waals surface area contributed by atoms with Crippen LogP contribution < -0.4 is 10.1 Å². The van der Waals surface area contributed by atoms with E-state index in [2.05, 4.69) is 24.3 Å². The van der Waals surface area contributed by atoms with E-state index in [1.165, 1.54) is 0 Å². The molecule has 20 heavy (non-hydrogen) atoms. The van der Waals surface area contributed by atoms with Gasteiger partial charge in [0.2, 0.25) is 0 Å². The van der Waals surface area contributed by atoms with E-state index in [-0.39, 0.29) is 6.10 Å². The van der Waals surface area contributed by atoms with E-state index in [4.69, 9.17) is 4.74 Å². The van der Waals surface area contributed by atoms with E-state index in [0.717, 1.165) is 23.7 Å². The summed E-state index contributed by atoms with van der Waals surface area (Å²) in [5, 5.41) is 7.92. The SMILES string of the molecule is CC(C)NCc1ccn(-c2ccc(OC(C)C)cc2)n1. The summed E-state index contributed by atoms with van der Waals surface area (Å²) in [7, 11) is 0. The lowest BCUT2D eigenvalue weighted by Gasteiger charge is -2.10. The van der Waals surface area contributed by atoms with Crippen molar-refractivity contribution in [3.8, 4) is 11.4 Å². The minimum atomic E-state index is 0.194. The second-order valence-corrected chi connectivity index (χ2v) is 5.45. The van der Waals surface area contributed by atoms with Gasteiger partial charge in [0.15, 0.2) is 0 Å². The van der Waals surface area contributed by atoms with Crippen molar-refractivity contribution in [1.29, 1.82) is 0 Å². The molecular weight excluding hydrogens is 250 g/mol. The number of aromatic nitrogens is 2. The first-order valence-electron chi connectivity index (χ1n) is 7.09. The molecule has 2 aromatic rings. The first-order chi connectivity index (χ1) is 9.54. The molecule has 1 N–H and O–H groups in total.